The summed E-state index contributed by atoms with van der Waals surface area (Å²) >= 11 is 0. The highest BCUT2D eigenvalue weighted by Gasteiger charge is 2.14. The van der Waals surface area contributed by atoms with Gasteiger partial charge in [-0.25, -0.2) is 9.59 Å². The maximum atomic E-state index is 11.8. The molecule has 2 aromatic rings. The van der Waals surface area contributed by atoms with Crippen LogP contribution < -0.4 is 5.32 Å². The summed E-state index contributed by atoms with van der Waals surface area (Å²) in [5, 5.41) is 6.97. The molecule has 1 aromatic carbocycles. The Morgan fingerprint density at radius 1 is 1.12 bits per heavy atom. The molecular formula is C17H21N3O5. The smallest absolute Gasteiger partial charge is 0.337 e. The van der Waals surface area contributed by atoms with E-state index < -0.39 is 11.9 Å². The molecule has 0 atom stereocenters. The average Bonchev–Trinajstić information content (AvgIpc) is 3.04. The van der Waals surface area contributed by atoms with Crippen molar-refractivity contribution in [2.75, 3.05) is 19.5 Å². The molecule has 8 nitrogen and oxygen atoms in total. The lowest BCUT2D eigenvalue weighted by Gasteiger charge is -2.09. The van der Waals surface area contributed by atoms with Crippen LogP contribution in [0.25, 0.3) is 0 Å². The fraction of sp³-hybridized carbons (Fsp3) is 0.412. The Morgan fingerprint density at radius 2 is 1.72 bits per heavy atom. The molecule has 0 amide bonds. The van der Waals surface area contributed by atoms with Crippen molar-refractivity contribution in [2.45, 2.75) is 26.8 Å². The number of esters is 2. The third-order valence-corrected chi connectivity index (χ3v) is 3.32. The highest BCUT2D eigenvalue weighted by molar-refractivity contribution is 5.96. The number of rotatable bonds is 7. The van der Waals surface area contributed by atoms with Gasteiger partial charge in [0.2, 0.25) is 5.89 Å². The van der Waals surface area contributed by atoms with Gasteiger partial charge in [0.05, 0.1) is 31.9 Å². The molecule has 0 aliphatic rings. The second-order valence-electron chi connectivity index (χ2n) is 5.84. The molecule has 0 aliphatic heterocycles. The summed E-state index contributed by atoms with van der Waals surface area (Å²) in [6.07, 6.45) is 0.730. The number of benzene rings is 1. The van der Waals surface area contributed by atoms with Crippen molar-refractivity contribution in [1.82, 2.24) is 10.1 Å². The van der Waals surface area contributed by atoms with Gasteiger partial charge in [0, 0.05) is 12.1 Å². The van der Waals surface area contributed by atoms with Crippen LogP contribution in [0.2, 0.25) is 0 Å². The van der Waals surface area contributed by atoms with Crippen molar-refractivity contribution < 1.29 is 23.6 Å². The molecule has 0 radical (unpaired) electrons. The van der Waals surface area contributed by atoms with E-state index >= 15 is 0 Å². The molecule has 0 bridgehead atoms. The normalized spacial score (nSPS) is 10.6. The van der Waals surface area contributed by atoms with Gasteiger partial charge in [-0.3, -0.25) is 0 Å². The van der Waals surface area contributed by atoms with Crippen molar-refractivity contribution >= 4 is 17.6 Å². The van der Waals surface area contributed by atoms with E-state index in [1.165, 1.54) is 20.3 Å². The van der Waals surface area contributed by atoms with Crippen LogP contribution in [0.3, 0.4) is 0 Å². The van der Waals surface area contributed by atoms with Gasteiger partial charge < -0.3 is 19.3 Å². The molecule has 8 heteroatoms. The lowest BCUT2D eigenvalue weighted by molar-refractivity contribution is 0.0599. The second kappa shape index (κ2) is 8.27. The van der Waals surface area contributed by atoms with Gasteiger partial charge in [-0.15, -0.1) is 0 Å². The third-order valence-electron chi connectivity index (χ3n) is 3.32. The molecule has 0 saturated heterocycles. The van der Waals surface area contributed by atoms with Gasteiger partial charge in [0.15, 0.2) is 5.82 Å². The molecule has 0 aliphatic carbocycles. The van der Waals surface area contributed by atoms with Gasteiger partial charge in [0.25, 0.3) is 0 Å². The van der Waals surface area contributed by atoms with E-state index in [1.54, 1.807) is 12.1 Å². The molecule has 1 N–H and O–H groups in total. The molecular weight excluding hydrogens is 326 g/mol. The summed E-state index contributed by atoms with van der Waals surface area (Å²) in [5.74, 6) is 0.387. The minimum Gasteiger partial charge on any atom is -0.465 e. The number of hydrogen-bond acceptors (Lipinski definition) is 8. The Hall–Kier alpha value is -2.90. The summed E-state index contributed by atoms with van der Waals surface area (Å²) in [6, 6.07) is 4.56. The number of ether oxygens (including phenoxy) is 2. The van der Waals surface area contributed by atoms with E-state index in [-0.39, 0.29) is 17.7 Å². The number of carbonyl (C=O) groups is 2. The number of nitrogens with zero attached hydrogens (tertiary/aromatic N) is 2. The lowest BCUT2D eigenvalue weighted by atomic mass is 10.1. The predicted octanol–water partition coefficient (Wildman–Crippen LogP) is 2.45. The van der Waals surface area contributed by atoms with Gasteiger partial charge in [-0.05, 0) is 24.1 Å². The Kier molecular flexibility index (Phi) is 6.10. The maximum absolute atomic E-state index is 11.8. The van der Waals surface area contributed by atoms with E-state index in [0.29, 0.717) is 23.3 Å². The zero-order chi connectivity index (χ0) is 18.4. The van der Waals surface area contributed by atoms with Crippen LogP contribution in [0.4, 0.5) is 5.69 Å². The first kappa shape index (κ1) is 18.4. The number of nitrogens with one attached hydrogen (secondary N) is 1. The molecule has 0 spiro atoms. The zero-order valence-electron chi connectivity index (χ0n) is 14.7. The fourth-order valence-electron chi connectivity index (χ4n) is 2.19. The Labute approximate surface area is 145 Å². The number of hydrogen-bond donors (Lipinski definition) is 1. The van der Waals surface area contributed by atoms with Crippen molar-refractivity contribution in [2.24, 2.45) is 5.92 Å². The SMILES string of the molecule is COC(=O)c1cc(NCc2nc(CC(C)C)no2)cc(C(=O)OC)c1. The molecule has 0 fully saturated rings. The van der Waals surface area contributed by atoms with Gasteiger partial charge >= 0.3 is 11.9 Å². The summed E-state index contributed by atoms with van der Waals surface area (Å²) in [6.45, 7) is 4.40. The number of aromatic nitrogens is 2. The Bertz CT molecular complexity index is 720. The van der Waals surface area contributed by atoms with E-state index in [1.807, 2.05) is 0 Å². The molecule has 1 aromatic heterocycles. The summed E-state index contributed by atoms with van der Waals surface area (Å²) in [7, 11) is 2.55. The first-order valence-corrected chi connectivity index (χ1v) is 7.80. The lowest BCUT2D eigenvalue weighted by Crippen LogP contribution is -2.09. The van der Waals surface area contributed by atoms with Crippen LogP contribution in [0.5, 0.6) is 0 Å². The van der Waals surface area contributed by atoms with Gasteiger partial charge in [-0.2, -0.15) is 4.98 Å². The number of carbonyl (C=O) groups excluding carboxylic acids is 2. The highest BCUT2D eigenvalue weighted by Crippen LogP contribution is 2.18. The van der Waals surface area contributed by atoms with E-state index in [4.69, 9.17) is 14.0 Å². The standard InChI is InChI=1S/C17H21N3O5/c1-10(2)5-14-19-15(25-20-14)9-18-13-7-11(16(21)23-3)6-12(8-13)17(22)24-4/h6-8,10,18H,5,9H2,1-4H3. The largest absolute Gasteiger partial charge is 0.465 e. The maximum Gasteiger partial charge on any atom is 0.337 e. The van der Waals surface area contributed by atoms with Crippen molar-refractivity contribution in [3.05, 3.63) is 41.0 Å². The highest BCUT2D eigenvalue weighted by atomic mass is 16.5. The second-order valence-corrected chi connectivity index (χ2v) is 5.84. The third kappa shape index (κ3) is 5.03. The van der Waals surface area contributed by atoms with Crippen LogP contribution >= 0.6 is 0 Å². The predicted molar refractivity (Wildman–Crippen MR) is 89.3 cm³/mol. The van der Waals surface area contributed by atoms with Crippen LogP contribution in [0.1, 0.15) is 46.3 Å². The zero-order valence-corrected chi connectivity index (χ0v) is 14.7. The fourth-order valence-corrected chi connectivity index (χ4v) is 2.19. The van der Waals surface area contributed by atoms with Crippen LogP contribution in [0, 0.1) is 5.92 Å². The molecule has 1 heterocycles. The molecule has 0 saturated carbocycles. The summed E-state index contributed by atoms with van der Waals surface area (Å²) < 4.78 is 14.6. The van der Waals surface area contributed by atoms with Crippen LogP contribution in [-0.2, 0) is 22.4 Å². The number of anilines is 1. The minimum absolute atomic E-state index is 0.235. The first-order valence-electron chi connectivity index (χ1n) is 7.80. The topological polar surface area (TPSA) is 104 Å². The van der Waals surface area contributed by atoms with Crippen molar-refractivity contribution in [3.8, 4) is 0 Å². The van der Waals surface area contributed by atoms with E-state index in [9.17, 15) is 9.59 Å². The van der Waals surface area contributed by atoms with E-state index in [0.717, 1.165) is 6.42 Å². The van der Waals surface area contributed by atoms with Crippen molar-refractivity contribution in [3.63, 3.8) is 0 Å². The molecule has 0 unspecified atom stereocenters. The minimum atomic E-state index is -0.550. The number of methoxy groups -OCH3 is 2. The Morgan fingerprint density at radius 3 is 2.24 bits per heavy atom. The average molecular weight is 347 g/mol. The first-order chi connectivity index (χ1) is 11.9. The molecule has 2 rings (SSSR count). The summed E-state index contributed by atoms with van der Waals surface area (Å²) in [4.78, 5) is 27.8. The van der Waals surface area contributed by atoms with Crippen LogP contribution in [0.15, 0.2) is 22.7 Å². The molecule has 134 valence electrons. The van der Waals surface area contributed by atoms with Gasteiger partial charge in [-0.1, -0.05) is 19.0 Å². The van der Waals surface area contributed by atoms with E-state index in [2.05, 4.69) is 29.3 Å². The van der Waals surface area contributed by atoms with Crippen LogP contribution in [-0.4, -0.2) is 36.3 Å². The van der Waals surface area contributed by atoms with Gasteiger partial charge in [0.1, 0.15) is 0 Å². The van der Waals surface area contributed by atoms with Crippen molar-refractivity contribution in [1.29, 1.82) is 0 Å². The Balaban J connectivity index is 2.16. The molecule has 25 heavy (non-hydrogen) atoms. The monoisotopic (exact) mass is 347 g/mol. The summed E-state index contributed by atoms with van der Waals surface area (Å²) in [5.41, 5.74) is 1.00. The quantitative estimate of drug-likeness (QED) is 0.762.